The molecule has 2 aliphatic rings. The molecule has 1 aliphatic heterocycles. The average molecular weight is 346 g/mol. The second kappa shape index (κ2) is 6.94. The summed E-state index contributed by atoms with van der Waals surface area (Å²) in [5.74, 6) is 0.437. The maximum Gasteiger partial charge on any atom is 0.321 e. The lowest BCUT2D eigenvalue weighted by atomic mass is 9.81. The van der Waals surface area contributed by atoms with Crippen molar-refractivity contribution in [2.75, 3.05) is 25.0 Å². The largest absolute Gasteiger partial charge is 0.493 e. The number of rotatable bonds is 5. The van der Waals surface area contributed by atoms with Gasteiger partial charge in [0.15, 0.2) is 0 Å². The number of anilines is 1. The molecule has 1 heterocycles. The van der Waals surface area contributed by atoms with Gasteiger partial charge in [-0.1, -0.05) is 26.3 Å². The van der Waals surface area contributed by atoms with Crippen molar-refractivity contribution >= 4 is 17.7 Å². The van der Waals surface area contributed by atoms with E-state index in [9.17, 15) is 14.7 Å². The van der Waals surface area contributed by atoms with E-state index in [-0.39, 0.29) is 11.9 Å². The summed E-state index contributed by atoms with van der Waals surface area (Å²) in [6.45, 7) is 5.58. The minimum atomic E-state index is -0.769. The van der Waals surface area contributed by atoms with E-state index in [4.69, 9.17) is 4.74 Å². The average Bonchev–Trinajstić information content (AvgIpc) is 3.11. The Kier molecular flexibility index (Phi) is 4.88. The minimum Gasteiger partial charge on any atom is -0.493 e. The molecule has 6 heteroatoms. The molecule has 2 fully saturated rings. The number of likely N-dealkylation sites (tertiary alicyclic amines) is 1. The highest BCUT2D eigenvalue weighted by Crippen LogP contribution is 2.48. The van der Waals surface area contributed by atoms with Gasteiger partial charge in [0.05, 0.1) is 12.0 Å². The lowest BCUT2D eigenvalue weighted by Crippen LogP contribution is -2.38. The third-order valence-corrected chi connectivity index (χ3v) is 5.25. The number of amides is 2. The van der Waals surface area contributed by atoms with E-state index in [0.717, 1.165) is 12.8 Å². The third-order valence-electron chi connectivity index (χ3n) is 5.25. The zero-order chi connectivity index (χ0) is 18.0. The van der Waals surface area contributed by atoms with Crippen molar-refractivity contribution in [1.29, 1.82) is 0 Å². The maximum absolute atomic E-state index is 12.6. The molecule has 1 saturated carbocycles. The molecule has 1 aromatic rings. The maximum atomic E-state index is 12.6. The molecule has 0 spiro atoms. The van der Waals surface area contributed by atoms with Crippen LogP contribution in [0.1, 0.15) is 33.1 Å². The molecule has 6 nitrogen and oxygen atoms in total. The summed E-state index contributed by atoms with van der Waals surface area (Å²) < 4.78 is 5.68. The monoisotopic (exact) mass is 346 g/mol. The summed E-state index contributed by atoms with van der Waals surface area (Å²) in [5, 5.41) is 12.5. The van der Waals surface area contributed by atoms with E-state index < -0.39 is 11.4 Å². The van der Waals surface area contributed by atoms with Crippen LogP contribution in [0.4, 0.5) is 10.5 Å². The number of fused-ring (bicyclic) bond motifs is 1. The summed E-state index contributed by atoms with van der Waals surface area (Å²) in [7, 11) is 0. The number of nitrogens with zero attached hydrogens (tertiary/aromatic N) is 1. The van der Waals surface area contributed by atoms with Gasteiger partial charge in [-0.2, -0.15) is 0 Å². The number of carbonyl (C=O) groups excluding carboxylic acids is 1. The van der Waals surface area contributed by atoms with Gasteiger partial charge >= 0.3 is 12.0 Å². The minimum absolute atomic E-state index is 0.0662. The molecular weight excluding hydrogens is 320 g/mol. The van der Waals surface area contributed by atoms with Gasteiger partial charge in [-0.3, -0.25) is 4.79 Å². The van der Waals surface area contributed by atoms with Gasteiger partial charge in [-0.15, -0.1) is 0 Å². The van der Waals surface area contributed by atoms with E-state index in [0.29, 0.717) is 43.5 Å². The standard InChI is InChI=1S/C19H26N2O4/c1-13(2)11-25-16-7-3-6-15(9-16)20-18(24)21-10-14-5-4-8-19(14,12-21)17(22)23/h3,6-7,9,13-14H,4-5,8,10-12H2,1-2H3,(H,20,24)(H,22,23)/t14-,19+/m0/s1. The zero-order valence-corrected chi connectivity index (χ0v) is 14.8. The highest BCUT2D eigenvalue weighted by molar-refractivity contribution is 5.90. The first-order valence-electron chi connectivity index (χ1n) is 8.93. The Balaban J connectivity index is 1.63. The first kappa shape index (κ1) is 17.6. The van der Waals surface area contributed by atoms with Crippen LogP contribution in [0, 0.1) is 17.3 Å². The molecule has 136 valence electrons. The Hall–Kier alpha value is -2.24. The van der Waals surface area contributed by atoms with Crippen molar-refractivity contribution in [3.63, 3.8) is 0 Å². The van der Waals surface area contributed by atoms with Crippen LogP contribution in [0.5, 0.6) is 5.75 Å². The van der Waals surface area contributed by atoms with Crippen LogP contribution in [-0.4, -0.2) is 41.7 Å². The number of carboxylic acids is 1. The van der Waals surface area contributed by atoms with Gasteiger partial charge in [0.1, 0.15) is 5.75 Å². The van der Waals surface area contributed by atoms with Crippen LogP contribution in [0.2, 0.25) is 0 Å². The number of carbonyl (C=O) groups is 2. The molecular formula is C19H26N2O4. The van der Waals surface area contributed by atoms with Gasteiger partial charge < -0.3 is 20.1 Å². The molecule has 25 heavy (non-hydrogen) atoms. The second-order valence-electron chi connectivity index (χ2n) is 7.59. The fraction of sp³-hybridized carbons (Fsp3) is 0.579. The van der Waals surface area contributed by atoms with Crippen molar-refractivity contribution in [2.45, 2.75) is 33.1 Å². The predicted molar refractivity (Wildman–Crippen MR) is 94.8 cm³/mol. The van der Waals surface area contributed by atoms with Crippen molar-refractivity contribution in [3.8, 4) is 5.75 Å². The van der Waals surface area contributed by atoms with Crippen LogP contribution >= 0.6 is 0 Å². The summed E-state index contributed by atoms with van der Waals surface area (Å²) in [6.07, 6.45) is 2.48. The number of aliphatic carboxylic acids is 1. The van der Waals surface area contributed by atoms with Crippen molar-refractivity contribution < 1.29 is 19.4 Å². The van der Waals surface area contributed by atoms with Gasteiger partial charge in [-0.05, 0) is 36.8 Å². The SMILES string of the molecule is CC(C)COc1cccc(NC(=O)N2C[C@@H]3CCC[C@@]3(C(=O)O)C2)c1. The molecule has 1 aliphatic carbocycles. The van der Waals surface area contributed by atoms with Crippen LogP contribution in [0.3, 0.4) is 0 Å². The molecule has 3 rings (SSSR count). The highest BCUT2D eigenvalue weighted by atomic mass is 16.5. The molecule has 0 radical (unpaired) electrons. The van der Waals surface area contributed by atoms with E-state index in [1.165, 1.54) is 0 Å². The molecule has 1 aromatic carbocycles. The van der Waals surface area contributed by atoms with Gasteiger partial charge in [0.25, 0.3) is 0 Å². The Labute approximate surface area is 148 Å². The highest BCUT2D eigenvalue weighted by Gasteiger charge is 2.55. The molecule has 2 amide bonds. The number of carboxylic acid groups (broad SMARTS) is 1. The summed E-state index contributed by atoms with van der Waals surface area (Å²) in [6, 6.07) is 7.06. The number of ether oxygens (including phenoxy) is 1. The van der Waals surface area contributed by atoms with E-state index in [2.05, 4.69) is 19.2 Å². The van der Waals surface area contributed by atoms with Crippen molar-refractivity contribution in [2.24, 2.45) is 17.3 Å². The molecule has 0 unspecified atom stereocenters. The smallest absolute Gasteiger partial charge is 0.321 e. The van der Waals surface area contributed by atoms with Gasteiger partial charge in [0, 0.05) is 24.8 Å². The number of hydrogen-bond acceptors (Lipinski definition) is 3. The van der Waals surface area contributed by atoms with Crippen molar-refractivity contribution in [3.05, 3.63) is 24.3 Å². The lowest BCUT2D eigenvalue weighted by Gasteiger charge is -2.23. The van der Waals surface area contributed by atoms with Gasteiger partial charge in [-0.25, -0.2) is 4.79 Å². The topological polar surface area (TPSA) is 78.9 Å². The Bertz CT molecular complexity index is 661. The number of hydrogen-bond donors (Lipinski definition) is 2. The van der Waals surface area contributed by atoms with Crippen LogP contribution < -0.4 is 10.1 Å². The van der Waals surface area contributed by atoms with Gasteiger partial charge in [0.2, 0.25) is 0 Å². The first-order chi connectivity index (χ1) is 11.9. The summed E-state index contributed by atoms with van der Waals surface area (Å²) in [5.41, 5.74) is -0.0905. The summed E-state index contributed by atoms with van der Waals surface area (Å²) >= 11 is 0. The molecule has 0 bridgehead atoms. The second-order valence-corrected chi connectivity index (χ2v) is 7.59. The Morgan fingerprint density at radius 2 is 2.24 bits per heavy atom. The quantitative estimate of drug-likeness (QED) is 0.856. The number of nitrogens with one attached hydrogen (secondary N) is 1. The zero-order valence-electron chi connectivity index (χ0n) is 14.8. The molecule has 0 aromatic heterocycles. The predicted octanol–water partition coefficient (Wildman–Crippen LogP) is 3.44. The third kappa shape index (κ3) is 3.57. The van der Waals surface area contributed by atoms with Crippen LogP contribution in [0.15, 0.2) is 24.3 Å². The molecule has 2 atom stereocenters. The molecule has 2 N–H and O–H groups in total. The Morgan fingerprint density at radius 1 is 1.44 bits per heavy atom. The number of urea groups is 1. The fourth-order valence-corrected chi connectivity index (χ4v) is 3.92. The van der Waals surface area contributed by atoms with E-state index >= 15 is 0 Å². The van der Waals surface area contributed by atoms with Crippen LogP contribution in [0.25, 0.3) is 0 Å². The summed E-state index contributed by atoms with van der Waals surface area (Å²) in [4.78, 5) is 25.9. The van der Waals surface area contributed by atoms with Crippen molar-refractivity contribution in [1.82, 2.24) is 4.90 Å². The molecule has 1 saturated heterocycles. The first-order valence-corrected chi connectivity index (χ1v) is 8.93. The lowest BCUT2D eigenvalue weighted by molar-refractivity contribution is -0.149. The number of benzene rings is 1. The fourth-order valence-electron chi connectivity index (χ4n) is 3.92. The Morgan fingerprint density at radius 3 is 2.92 bits per heavy atom. The van der Waals surface area contributed by atoms with E-state index in [1.807, 2.05) is 18.2 Å². The van der Waals surface area contributed by atoms with Crippen LogP contribution in [-0.2, 0) is 4.79 Å². The van der Waals surface area contributed by atoms with E-state index in [1.54, 1.807) is 11.0 Å². The normalized spacial score (nSPS) is 25.1.